The molecule has 0 atom stereocenters. The molecule has 0 saturated carbocycles. The molecule has 7 nitrogen and oxygen atoms in total. The number of nitrogens with zero attached hydrogens (tertiary/aromatic N) is 1. The van der Waals surface area contributed by atoms with Gasteiger partial charge < -0.3 is 24.4 Å². The Morgan fingerprint density at radius 2 is 1.70 bits per heavy atom. The molecule has 1 saturated heterocycles. The van der Waals surface area contributed by atoms with Crippen LogP contribution in [-0.2, 0) is 11.2 Å². The van der Waals surface area contributed by atoms with E-state index in [1.54, 1.807) is 51.7 Å². The van der Waals surface area contributed by atoms with Crippen LogP contribution in [0.15, 0.2) is 36.4 Å². The van der Waals surface area contributed by atoms with Crippen molar-refractivity contribution < 1.29 is 23.8 Å². The van der Waals surface area contributed by atoms with Crippen LogP contribution < -0.4 is 19.5 Å². The van der Waals surface area contributed by atoms with Crippen molar-refractivity contribution in [1.29, 1.82) is 0 Å². The number of carbonyl (C=O) groups is 2. The van der Waals surface area contributed by atoms with Crippen LogP contribution in [0.5, 0.6) is 17.2 Å². The van der Waals surface area contributed by atoms with E-state index in [1.807, 2.05) is 11.0 Å². The van der Waals surface area contributed by atoms with E-state index in [2.05, 4.69) is 5.32 Å². The van der Waals surface area contributed by atoms with Crippen LogP contribution in [0.4, 0.5) is 5.69 Å². The zero-order chi connectivity index (χ0) is 21.5. The number of aryl methyl sites for hydroxylation is 1. The molecule has 0 unspecified atom stereocenters. The van der Waals surface area contributed by atoms with Crippen molar-refractivity contribution >= 4 is 17.5 Å². The predicted molar refractivity (Wildman–Crippen MR) is 115 cm³/mol. The quantitative estimate of drug-likeness (QED) is 0.718. The highest BCUT2D eigenvalue weighted by Crippen LogP contribution is 2.40. The summed E-state index contributed by atoms with van der Waals surface area (Å²) >= 11 is 0. The molecule has 3 rings (SSSR count). The molecular formula is C23H28N2O5. The van der Waals surface area contributed by atoms with Crippen molar-refractivity contribution in [3.8, 4) is 17.2 Å². The van der Waals surface area contributed by atoms with Gasteiger partial charge in [0.15, 0.2) is 11.5 Å². The fourth-order valence-electron chi connectivity index (χ4n) is 3.66. The molecule has 0 radical (unpaired) electrons. The number of benzene rings is 2. The van der Waals surface area contributed by atoms with Gasteiger partial charge in [0.25, 0.3) is 5.91 Å². The van der Waals surface area contributed by atoms with Crippen LogP contribution in [0.25, 0.3) is 0 Å². The standard InChI is InChI=1S/C23H28N2O5/c1-28-19-11-9-16(21(29-2)22(19)30-3)10-12-20(26)24-18-8-6-7-17(15-18)23(27)25-13-4-5-14-25/h6-9,11,15H,4-5,10,12-14H2,1-3H3,(H,24,26). The van der Waals surface area contributed by atoms with E-state index in [9.17, 15) is 9.59 Å². The maximum atomic E-state index is 12.6. The number of likely N-dealkylation sites (tertiary alicyclic amines) is 1. The molecule has 1 N–H and O–H groups in total. The number of nitrogens with one attached hydrogen (secondary N) is 1. The van der Waals surface area contributed by atoms with Crippen LogP contribution in [0, 0.1) is 0 Å². The Hall–Kier alpha value is -3.22. The third-order valence-electron chi connectivity index (χ3n) is 5.19. The number of amides is 2. The third-order valence-corrected chi connectivity index (χ3v) is 5.19. The normalized spacial score (nSPS) is 13.1. The van der Waals surface area contributed by atoms with E-state index in [0.29, 0.717) is 34.9 Å². The number of ether oxygens (including phenoxy) is 3. The SMILES string of the molecule is COc1ccc(CCC(=O)Nc2cccc(C(=O)N3CCCC3)c2)c(OC)c1OC. The lowest BCUT2D eigenvalue weighted by atomic mass is 10.1. The average Bonchev–Trinajstić information content (AvgIpc) is 3.31. The summed E-state index contributed by atoms with van der Waals surface area (Å²) in [5, 5.41) is 2.88. The molecule has 1 fully saturated rings. The lowest BCUT2D eigenvalue weighted by Crippen LogP contribution is -2.27. The number of hydrogen-bond donors (Lipinski definition) is 1. The number of hydrogen-bond acceptors (Lipinski definition) is 5. The van der Waals surface area contributed by atoms with Gasteiger partial charge in [-0.15, -0.1) is 0 Å². The third kappa shape index (κ3) is 4.84. The molecule has 0 aliphatic carbocycles. The molecule has 0 bridgehead atoms. The average molecular weight is 412 g/mol. The largest absolute Gasteiger partial charge is 0.493 e. The van der Waals surface area contributed by atoms with E-state index in [4.69, 9.17) is 14.2 Å². The Kier molecular flexibility index (Phi) is 7.17. The van der Waals surface area contributed by atoms with E-state index < -0.39 is 0 Å². The molecule has 1 aliphatic rings. The van der Waals surface area contributed by atoms with Crippen molar-refractivity contribution in [2.45, 2.75) is 25.7 Å². The summed E-state index contributed by atoms with van der Waals surface area (Å²) in [5.41, 5.74) is 2.06. The summed E-state index contributed by atoms with van der Waals surface area (Å²) in [5.74, 6) is 1.51. The van der Waals surface area contributed by atoms with E-state index >= 15 is 0 Å². The van der Waals surface area contributed by atoms with Crippen LogP contribution in [-0.4, -0.2) is 51.1 Å². The van der Waals surface area contributed by atoms with Crippen LogP contribution >= 0.6 is 0 Å². The number of methoxy groups -OCH3 is 3. The summed E-state index contributed by atoms with van der Waals surface area (Å²) < 4.78 is 16.2. The van der Waals surface area contributed by atoms with Gasteiger partial charge in [-0.1, -0.05) is 12.1 Å². The predicted octanol–water partition coefficient (Wildman–Crippen LogP) is 3.52. The second kappa shape index (κ2) is 10.0. The Bertz CT molecular complexity index is 906. The fourth-order valence-corrected chi connectivity index (χ4v) is 3.66. The zero-order valence-corrected chi connectivity index (χ0v) is 17.7. The van der Waals surface area contributed by atoms with E-state index in [-0.39, 0.29) is 18.2 Å². The van der Waals surface area contributed by atoms with Gasteiger partial charge in [0.2, 0.25) is 11.7 Å². The molecule has 2 amide bonds. The van der Waals surface area contributed by atoms with Crippen LogP contribution in [0.3, 0.4) is 0 Å². The lowest BCUT2D eigenvalue weighted by Gasteiger charge is -2.16. The molecule has 1 heterocycles. The number of rotatable bonds is 8. The first-order valence-electron chi connectivity index (χ1n) is 10.0. The van der Waals surface area contributed by atoms with Gasteiger partial charge in [0.05, 0.1) is 21.3 Å². The maximum Gasteiger partial charge on any atom is 0.253 e. The Labute approximate surface area is 176 Å². The lowest BCUT2D eigenvalue weighted by molar-refractivity contribution is -0.116. The molecule has 2 aromatic rings. The molecule has 0 spiro atoms. The number of carbonyl (C=O) groups excluding carboxylic acids is 2. The summed E-state index contributed by atoms with van der Waals surface area (Å²) in [4.78, 5) is 26.9. The first kappa shape index (κ1) is 21.5. The van der Waals surface area contributed by atoms with Gasteiger partial charge in [0, 0.05) is 30.8 Å². The highest BCUT2D eigenvalue weighted by atomic mass is 16.5. The Balaban J connectivity index is 1.64. The molecule has 1 aliphatic heterocycles. The second-order valence-corrected chi connectivity index (χ2v) is 7.12. The van der Waals surface area contributed by atoms with Crippen LogP contribution in [0.2, 0.25) is 0 Å². The van der Waals surface area contributed by atoms with E-state index in [1.165, 1.54) is 0 Å². The van der Waals surface area contributed by atoms with Crippen molar-refractivity contribution in [3.63, 3.8) is 0 Å². The summed E-state index contributed by atoms with van der Waals surface area (Å²) in [7, 11) is 4.67. The van der Waals surface area contributed by atoms with Crippen molar-refractivity contribution in [1.82, 2.24) is 4.90 Å². The molecule has 7 heteroatoms. The van der Waals surface area contributed by atoms with Gasteiger partial charge >= 0.3 is 0 Å². The summed E-state index contributed by atoms with van der Waals surface area (Å²) in [6.07, 6.45) is 2.82. The first-order valence-corrected chi connectivity index (χ1v) is 10.0. The minimum absolute atomic E-state index is 0.0127. The fraction of sp³-hybridized carbons (Fsp3) is 0.391. The van der Waals surface area contributed by atoms with Crippen molar-refractivity contribution in [2.75, 3.05) is 39.7 Å². The Morgan fingerprint density at radius 3 is 2.37 bits per heavy atom. The van der Waals surface area contributed by atoms with Gasteiger partial charge in [-0.2, -0.15) is 0 Å². The first-order chi connectivity index (χ1) is 14.6. The van der Waals surface area contributed by atoms with Crippen molar-refractivity contribution in [3.05, 3.63) is 47.5 Å². The smallest absolute Gasteiger partial charge is 0.253 e. The van der Waals surface area contributed by atoms with Gasteiger partial charge in [-0.25, -0.2) is 0 Å². The Morgan fingerprint density at radius 1 is 0.967 bits per heavy atom. The topological polar surface area (TPSA) is 77.1 Å². The highest BCUT2D eigenvalue weighted by Gasteiger charge is 2.20. The molecule has 2 aromatic carbocycles. The summed E-state index contributed by atoms with van der Waals surface area (Å²) in [6, 6.07) is 10.7. The summed E-state index contributed by atoms with van der Waals surface area (Å²) in [6.45, 7) is 1.59. The minimum Gasteiger partial charge on any atom is -0.493 e. The van der Waals surface area contributed by atoms with Crippen LogP contribution in [0.1, 0.15) is 35.2 Å². The van der Waals surface area contributed by atoms with Gasteiger partial charge in [-0.05, 0) is 49.1 Å². The second-order valence-electron chi connectivity index (χ2n) is 7.12. The monoisotopic (exact) mass is 412 g/mol. The van der Waals surface area contributed by atoms with Gasteiger partial charge in [0.1, 0.15) is 0 Å². The zero-order valence-electron chi connectivity index (χ0n) is 17.7. The molecular weight excluding hydrogens is 384 g/mol. The molecule has 0 aromatic heterocycles. The maximum absolute atomic E-state index is 12.6. The number of anilines is 1. The highest BCUT2D eigenvalue weighted by molar-refractivity contribution is 5.97. The van der Waals surface area contributed by atoms with Crippen molar-refractivity contribution in [2.24, 2.45) is 0 Å². The molecule has 30 heavy (non-hydrogen) atoms. The van der Waals surface area contributed by atoms with E-state index in [0.717, 1.165) is 31.5 Å². The minimum atomic E-state index is -0.141. The molecule has 160 valence electrons. The van der Waals surface area contributed by atoms with Gasteiger partial charge in [-0.3, -0.25) is 9.59 Å².